The first-order chi connectivity index (χ1) is 7.69. The Hall–Kier alpha value is -0.540. The summed E-state index contributed by atoms with van der Waals surface area (Å²) in [4.78, 5) is 2.48. The Morgan fingerprint density at radius 3 is 2.81 bits per heavy atom. The molecule has 1 spiro atoms. The third-order valence-electron chi connectivity index (χ3n) is 3.83. The molecule has 2 fully saturated rings. The van der Waals surface area contributed by atoms with Crippen molar-refractivity contribution in [2.75, 3.05) is 31.1 Å². The summed E-state index contributed by atoms with van der Waals surface area (Å²) < 4.78 is 1.23. The highest BCUT2D eigenvalue weighted by Gasteiger charge is 2.45. The van der Waals surface area contributed by atoms with Gasteiger partial charge >= 0.3 is 0 Å². The number of anilines is 1. The summed E-state index contributed by atoms with van der Waals surface area (Å²) >= 11 is 3.66. The summed E-state index contributed by atoms with van der Waals surface area (Å²) in [6.45, 7) is 6.95. The predicted octanol–water partition coefficient (Wildman–Crippen LogP) is 2.56. The Balaban J connectivity index is 1.76. The molecule has 2 saturated heterocycles. The standard InChI is InChI=1S/C13H17BrN2/c1-10-2-3-12(11(14)6-10)16-8-13(9-16)4-5-15-7-13/h2-3,6,15H,4-5,7-9H2,1H3. The van der Waals surface area contributed by atoms with Gasteiger partial charge in [-0.05, 0) is 53.5 Å². The smallest absolute Gasteiger partial charge is 0.0511 e. The average molecular weight is 281 g/mol. The largest absolute Gasteiger partial charge is 0.369 e. The minimum absolute atomic E-state index is 0.574. The molecule has 0 bridgehead atoms. The molecule has 0 atom stereocenters. The second kappa shape index (κ2) is 3.74. The van der Waals surface area contributed by atoms with E-state index in [0.717, 1.165) is 0 Å². The molecule has 2 aliphatic heterocycles. The van der Waals surface area contributed by atoms with E-state index in [2.05, 4.69) is 51.3 Å². The topological polar surface area (TPSA) is 15.3 Å². The molecule has 1 aromatic rings. The number of nitrogens with one attached hydrogen (secondary N) is 1. The van der Waals surface area contributed by atoms with Crippen LogP contribution in [0, 0.1) is 12.3 Å². The van der Waals surface area contributed by atoms with Crippen molar-refractivity contribution in [3.8, 4) is 0 Å². The van der Waals surface area contributed by atoms with Gasteiger partial charge in [-0.25, -0.2) is 0 Å². The van der Waals surface area contributed by atoms with Gasteiger partial charge in [0.25, 0.3) is 0 Å². The lowest BCUT2D eigenvalue weighted by Gasteiger charge is -2.49. The van der Waals surface area contributed by atoms with Gasteiger partial charge in [-0.3, -0.25) is 0 Å². The highest BCUT2D eigenvalue weighted by Crippen LogP contribution is 2.41. The lowest BCUT2D eigenvalue weighted by molar-refractivity contribution is 0.243. The van der Waals surface area contributed by atoms with Crippen molar-refractivity contribution in [1.29, 1.82) is 0 Å². The molecule has 0 unspecified atom stereocenters. The van der Waals surface area contributed by atoms with Crippen LogP contribution in [0.15, 0.2) is 22.7 Å². The van der Waals surface area contributed by atoms with Gasteiger partial charge in [-0.1, -0.05) is 6.07 Å². The van der Waals surface area contributed by atoms with E-state index >= 15 is 0 Å². The van der Waals surface area contributed by atoms with Crippen molar-refractivity contribution in [3.05, 3.63) is 28.2 Å². The first-order valence-corrected chi connectivity index (χ1v) is 6.70. The van der Waals surface area contributed by atoms with Gasteiger partial charge in [0, 0.05) is 29.5 Å². The van der Waals surface area contributed by atoms with Gasteiger partial charge in [0.15, 0.2) is 0 Å². The number of halogens is 1. The van der Waals surface area contributed by atoms with Crippen molar-refractivity contribution in [2.24, 2.45) is 5.41 Å². The van der Waals surface area contributed by atoms with Crippen LogP contribution in [0.25, 0.3) is 0 Å². The third-order valence-corrected chi connectivity index (χ3v) is 4.46. The lowest BCUT2D eigenvalue weighted by atomic mass is 9.79. The van der Waals surface area contributed by atoms with Crippen molar-refractivity contribution in [2.45, 2.75) is 13.3 Å². The summed E-state index contributed by atoms with van der Waals surface area (Å²) in [5, 5.41) is 3.47. The van der Waals surface area contributed by atoms with Gasteiger partial charge in [-0.2, -0.15) is 0 Å². The Morgan fingerprint density at radius 1 is 1.38 bits per heavy atom. The summed E-state index contributed by atoms with van der Waals surface area (Å²) in [5.41, 5.74) is 3.24. The molecule has 0 radical (unpaired) electrons. The van der Waals surface area contributed by atoms with Crippen LogP contribution >= 0.6 is 15.9 Å². The monoisotopic (exact) mass is 280 g/mol. The first kappa shape index (κ1) is 10.6. The van der Waals surface area contributed by atoms with E-state index in [0.29, 0.717) is 5.41 Å². The Bertz CT molecular complexity index is 402. The van der Waals surface area contributed by atoms with Crippen LogP contribution in [0.2, 0.25) is 0 Å². The van der Waals surface area contributed by atoms with Gasteiger partial charge in [0.2, 0.25) is 0 Å². The second-order valence-corrected chi connectivity index (χ2v) is 6.09. The molecule has 3 heteroatoms. The minimum atomic E-state index is 0.574. The van der Waals surface area contributed by atoms with Gasteiger partial charge in [0.1, 0.15) is 0 Å². The predicted molar refractivity (Wildman–Crippen MR) is 71.0 cm³/mol. The fourth-order valence-corrected chi connectivity index (χ4v) is 3.61. The summed E-state index contributed by atoms with van der Waals surface area (Å²) in [6, 6.07) is 6.62. The molecule has 86 valence electrons. The zero-order chi connectivity index (χ0) is 11.2. The molecular weight excluding hydrogens is 264 g/mol. The molecule has 0 amide bonds. The van der Waals surface area contributed by atoms with E-state index in [1.54, 1.807) is 0 Å². The molecule has 0 aliphatic carbocycles. The fourth-order valence-electron chi connectivity index (χ4n) is 2.87. The molecule has 0 aromatic heterocycles. The lowest BCUT2D eigenvalue weighted by Crippen LogP contribution is -2.57. The molecule has 1 aromatic carbocycles. The van der Waals surface area contributed by atoms with E-state index in [1.165, 1.54) is 48.3 Å². The third kappa shape index (κ3) is 1.66. The van der Waals surface area contributed by atoms with Crippen LogP contribution in [0.1, 0.15) is 12.0 Å². The van der Waals surface area contributed by atoms with E-state index in [9.17, 15) is 0 Å². The highest BCUT2D eigenvalue weighted by atomic mass is 79.9. The Labute approximate surface area is 105 Å². The van der Waals surface area contributed by atoms with Crippen LogP contribution in [0.5, 0.6) is 0 Å². The Morgan fingerprint density at radius 2 is 2.19 bits per heavy atom. The second-order valence-electron chi connectivity index (χ2n) is 5.24. The maximum absolute atomic E-state index is 3.66. The number of benzene rings is 1. The Kier molecular flexibility index (Phi) is 2.48. The van der Waals surface area contributed by atoms with Crippen LogP contribution in [0.4, 0.5) is 5.69 Å². The van der Waals surface area contributed by atoms with Crippen LogP contribution in [-0.2, 0) is 0 Å². The number of nitrogens with zero attached hydrogens (tertiary/aromatic N) is 1. The summed E-state index contributed by atoms with van der Waals surface area (Å²) in [5.74, 6) is 0. The van der Waals surface area contributed by atoms with Gasteiger partial charge < -0.3 is 10.2 Å². The van der Waals surface area contributed by atoms with Crippen LogP contribution in [0.3, 0.4) is 0 Å². The van der Waals surface area contributed by atoms with E-state index in [4.69, 9.17) is 0 Å². The molecule has 1 N–H and O–H groups in total. The van der Waals surface area contributed by atoms with E-state index < -0.39 is 0 Å². The van der Waals surface area contributed by atoms with Crippen molar-refractivity contribution in [3.63, 3.8) is 0 Å². The van der Waals surface area contributed by atoms with Gasteiger partial charge in [0.05, 0.1) is 5.69 Å². The maximum Gasteiger partial charge on any atom is 0.0511 e. The zero-order valence-corrected chi connectivity index (χ0v) is 11.2. The first-order valence-electron chi connectivity index (χ1n) is 5.90. The molecular formula is C13H17BrN2. The number of rotatable bonds is 1. The zero-order valence-electron chi connectivity index (χ0n) is 9.59. The molecule has 16 heavy (non-hydrogen) atoms. The molecule has 2 aliphatic rings. The normalized spacial score (nSPS) is 22.5. The van der Waals surface area contributed by atoms with Crippen molar-refractivity contribution in [1.82, 2.24) is 5.32 Å². The number of hydrogen-bond acceptors (Lipinski definition) is 2. The molecule has 2 heterocycles. The van der Waals surface area contributed by atoms with Crippen molar-refractivity contribution < 1.29 is 0 Å². The van der Waals surface area contributed by atoms with Crippen molar-refractivity contribution >= 4 is 21.6 Å². The van der Waals surface area contributed by atoms with E-state index in [-0.39, 0.29) is 0 Å². The minimum Gasteiger partial charge on any atom is -0.369 e. The maximum atomic E-state index is 3.66. The quantitative estimate of drug-likeness (QED) is 0.851. The summed E-state index contributed by atoms with van der Waals surface area (Å²) in [6.07, 6.45) is 1.34. The number of hydrogen-bond donors (Lipinski definition) is 1. The molecule has 0 saturated carbocycles. The summed E-state index contributed by atoms with van der Waals surface area (Å²) in [7, 11) is 0. The van der Waals surface area contributed by atoms with Crippen LogP contribution in [-0.4, -0.2) is 26.2 Å². The SMILES string of the molecule is Cc1ccc(N2CC3(CCNC3)C2)c(Br)c1. The molecule has 3 rings (SSSR count). The molecule has 2 nitrogen and oxygen atoms in total. The number of aryl methyl sites for hydroxylation is 1. The fraction of sp³-hybridized carbons (Fsp3) is 0.538. The highest BCUT2D eigenvalue weighted by molar-refractivity contribution is 9.10. The van der Waals surface area contributed by atoms with E-state index in [1.807, 2.05) is 0 Å². The van der Waals surface area contributed by atoms with Crippen LogP contribution < -0.4 is 10.2 Å². The van der Waals surface area contributed by atoms with Gasteiger partial charge in [-0.15, -0.1) is 0 Å². The average Bonchev–Trinajstić information content (AvgIpc) is 2.65.